The molecule has 6 heteroatoms. The molecule has 2 N–H and O–H groups in total. The lowest BCUT2D eigenvalue weighted by atomic mass is 10.1. The Morgan fingerprint density at radius 1 is 1.08 bits per heavy atom. The average Bonchev–Trinajstić information content (AvgIpc) is 2.62. The summed E-state index contributed by atoms with van der Waals surface area (Å²) >= 11 is 0. The maximum absolute atomic E-state index is 12.3. The molecule has 26 heavy (non-hydrogen) atoms. The molecule has 0 aliphatic rings. The van der Waals surface area contributed by atoms with Gasteiger partial charge in [-0.25, -0.2) is 13.1 Å². The van der Waals surface area contributed by atoms with Gasteiger partial charge in [-0.1, -0.05) is 37.3 Å². The Hall–Kier alpha value is -2.44. The van der Waals surface area contributed by atoms with Gasteiger partial charge in [0.05, 0.1) is 4.90 Å². The molecule has 0 saturated carbocycles. The standard InChI is InChI=1S/C20H24N2O3S/c1-4-16(3)22-26(24,25)19-12-10-18(11-13-19)21-20(23)15(2)14-17-8-6-5-7-9-17/h5-14,16,22H,4H2,1-3H3,(H,21,23). The molecule has 0 heterocycles. The summed E-state index contributed by atoms with van der Waals surface area (Å²) in [5.74, 6) is -0.234. The van der Waals surface area contributed by atoms with Crippen molar-refractivity contribution in [3.05, 3.63) is 65.7 Å². The minimum absolute atomic E-state index is 0.134. The lowest BCUT2D eigenvalue weighted by Gasteiger charge is -2.12. The van der Waals surface area contributed by atoms with Crippen molar-refractivity contribution in [1.82, 2.24) is 4.72 Å². The molecule has 0 aromatic heterocycles. The van der Waals surface area contributed by atoms with Gasteiger partial charge in [0.2, 0.25) is 10.0 Å². The molecule has 0 spiro atoms. The molecule has 138 valence electrons. The van der Waals surface area contributed by atoms with Crippen LogP contribution in [0.15, 0.2) is 65.1 Å². The third kappa shape index (κ3) is 5.54. The Bertz CT molecular complexity index is 873. The highest BCUT2D eigenvalue weighted by molar-refractivity contribution is 7.89. The highest BCUT2D eigenvalue weighted by Gasteiger charge is 2.16. The zero-order chi connectivity index (χ0) is 19.2. The van der Waals surface area contributed by atoms with Gasteiger partial charge in [0, 0.05) is 17.3 Å². The maximum atomic E-state index is 12.3. The van der Waals surface area contributed by atoms with E-state index in [9.17, 15) is 13.2 Å². The van der Waals surface area contributed by atoms with Gasteiger partial charge in [0.1, 0.15) is 0 Å². The summed E-state index contributed by atoms with van der Waals surface area (Å²) in [4.78, 5) is 12.4. The van der Waals surface area contributed by atoms with E-state index in [1.165, 1.54) is 12.1 Å². The topological polar surface area (TPSA) is 75.3 Å². The van der Waals surface area contributed by atoms with Crippen LogP contribution in [0.4, 0.5) is 5.69 Å². The minimum atomic E-state index is -3.55. The van der Waals surface area contributed by atoms with Gasteiger partial charge >= 0.3 is 0 Å². The van der Waals surface area contributed by atoms with Crippen LogP contribution in [0.1, 0.15) is 32.8 Å². The van der Waals surface area contributed by atoms with Gasteiger partial charge in [-0.15, -0.1) is 0 Å². The van der Waals surface area contributed by atoms with Crippen molar-refractivity contribution in [2.45, 2.75) is 38.1 Å². The normalized spacial score (nSPS) is 13.3. The summed E-state index contributed by atoms with van der Waals surface area (Å²) < 4.78 is 27.1. The SMILES string of the molecule is CCC(C)NS(=O)(=O)c1ccc(NC(=O)C(C)=Cc2ccccc2)cc1. The second-order valence-electron chi connectivity index (χ2n) is 6.15. The summed E-state index contributed by atoms with van der Waals surface area (Å²) in [7, 11) is -3.55. The summed E-state index contributed by atoms with van der Waals surface area (Å²) in [6.45, 7) is 5.46. The number of hydrogen-bond acceptors (Lipinski definition) is 3. The van der Waals surface area contributed by atoms with E-state index in [1.807, 2.05) is 44.2 Å². The number of carbonyl (C=O) groups excluding carboxylic acids is 1. The van der Waals surface area contributed by atoms with Crippen molar-refractivity contribution in [2.75, 3.05) is 5.32 Å². The first-order chi connectivity index (χ1) is 12.3. The van der Waals surface area contributed by atoms with Gasteiger partial charge < -0.3 is 5.32 Å². The third-order valence-corrected chi connectivity index (χ3v) is 5.54. The van der Waals surface area contributed by atoms with E-state index in [2.05, 4.69) is 10.0 Å². The highest BCUT2D eigenvalue weighted by Crippen LogP contribution is 2.16. The lowest BCUT2D eigenvalue weighted by molar-refractivity contribution is -0.112. The molecule has 2 rings (SSSR count). The number of nitrogens with one attached hydrogen (secondary N) is 2. The molecule has 0 bridgehead atoms. The van der Waals surface area contributed by atoms with E-state index >= 15 is 0 Å². The minimum Gasteiger partial charge on any atom is -0.322 e. The van der Waals surface area contributed by atoms with Crippen LogP contribution in [0.5, 0.6) is 0 Å². The van der Waals surface area contributed by atoms with Gasteiger partial charge in [0.15, 0.2) is 0 Å². The van der Waals surface area contributed by atoms with E-state index in [4.69, 9.17) is 0 Å². The molecule has 1 amide bonds. The Kier molecular flexibility index (Phi) is 6.71. The smallest absolute Gasteiger partial charge is 0.251 e. The molecule has 0 aliphatic heterocycles. The van der Waals surface area contributed by atoms with Crippen LogP contribution in [0.2, 0.25) is 0 Å². The van der Waals surface area contributed by atoms with E-state index in [0.717, 1.165) is 5.56 Å². The van der Waals surface area contributed by atoms with Crippen molar-refractivity contribution in [3.8, 4) is 0 Å². The number of carbonyl (C=O) groups is 1. The van der Waals surface area contributed by atoms with Gasteiger partial charge in [-0.2, -0.15) is 0 Å². The summed E-state index contributed by atoms with van der Waals surface area (Å²) in [6, 6.07) is 15.6. The summed E-state index contributed by atoms with van der Waals surface area (Å²) in [5, 5.41) is 2.77. The maximum Gasteiger partial charge on any atom is 0.251 e. The van der Waals surface area contributed by atoms with Crippen molar-refractivity contribution in [1.29, 1.82) is 0 Å². The largest absolute Gasteiger partial charge is 0.322 e. The molecule has 2 aromatic carbocycles. The van der Waals surface area contributed by atoms with Crippen molar-refractivity contribution in [2.24, 2.45) is 0 Å². The van der Waals surface area contributed by atoms with E-state index in [0.29, 0.717) is 17.7 Å². The predicted molar refractivity (Wildman–Crippen MR) is 105 cm³/mol. The number of sulfonamides is 1. The lowest BCUT2D eigenvalue weighted by Crippen LogP contribution is -2.31. The van der Waals surface area contributed by atoms with Crippen molar-refractivity contribution >= 4 is 27.7 Å². The molecule has 0 saturated heterocycles. The Labute approximate surface area is 155 Å². The zero-order valence-corrected chi connectivity index (χ0v) is 16.0. The van der Waals surface area contributed by atoms with Crippen LogP contribution in [-0.2, 0) is 14.8 Å². The van der Waals surface area contributed by atoms with Crippen LogP contribution >= 0.6 is 0 Å². The number of rotatable bonds is 7. The Balaban J connectivity index is 2.07. The molecular formula is C20H24N2O3S. The van der Waals surface area contributed by atoms with E-state index in [1.54, 1.807) is 25.1 Å². The number of amides is 1. The number of anilines is 1. The fourth-order valence-corrected chi connectivity index (χ4v) is 3.55. The van der Waals surface area contributed by atoms with Crippen LogP contribution in [0, 0.1) is 0 Å². The fourth-order valence-electron chi connectivity index (χ4n) is 2.23. The first-order valence-corrected chi connectivity index (χ1v) is 9.97. The van der Waals surface area contributed by atoms with Crippen molar-refractivity contribution in [3.63, 3.8) is 0 Å². The van der Waals surface area contributed by atoms with Gasteiger partial charge in [0.25, 0.3) is 5.91 Å². The first-order valence-electron chi connectivity index (χ1n) is 8.49. The van der Waals surface area contributed by atoms with Crippen LogP contribution in [0.25, 0.3) is 6.08 Å². The highest BCUT2D eigenvalue weighted by atomic mass is 32.2. The molecule has 1 atom stereocenters. The fraction of sp³-hybridized carbons (Fsp3) is 0.250. The van der Waals surface area contributed by atoms with E-state index < -0.39 is 10.0 Å². The monoisotopic (exact) mass is 372 g/mol. The van der Waals surface area contributed by atoms with Gasteiger partial charge in [-0.05, 0) is 56.2 Å². The number of benzene rings is 2. The summed E-state index contributed by atoms with van der Waals surface area (Å²) in [6.07, 6.45) is 2.50. The Morgan fingerprint density at radius 3 is 2.27 bits per heavy atom. The molecule has 0 aliphatic carbocycles. The van der Waals surface area contributed by atoms with E-state index in [-0.39, 0.29) is 16.8 Å². The zero-order valence-electron chi connectivity index (χ0n) is 15.2. The van der Waals surface area contributed by atoms with Crippen LogP contribution in [0.3, 0.4) is 0 Å². The molecule has 5 nitrogen and oxygen atoms in total. The number of hydrogen-bond donors (Lipinski definition) is 2. The average molecular weight is 372 g/mol. The predicted octanol–water partition coefficient (Wildman–Crippen LogP) is 3.81. The quantitative estimate of drug-likeness (QED) is 0.726. The van der Waals surface area contributed by atoms with Crippen LogP contribution in [-0.4, -0.2) is 20.4 Å². The Morgan fingerprint density at radius 2 is 1.69 bits per heavy atom. The summed E-state index contributed by atoms with van der Waals surface area (Å²) in [5.41, 5.74) is 2.04. The second-order valence-corrected chi connectivity index (χ2v) is 7.86. The second kappa shape index (κ2) is 8.78. The molecule has 2 aromatic rings. The molecule has 0 radical (unpaired) electrons. The van der Waals surface area contributed by atoms with Crippen LogP contribution < -0.4 is 10.0 Å². The van der Waals surface area contributed by atoms with Crippen molar-refractivity contribution < 1.29 is 13.2 Å². The molecule has 1 unspecified atom stereocenters. The third-order valence-electron chi connectivity index (χ3n) is 3.93. The van der Waals surface area contributed by atoms with Gasteiger partial charge in [-0.3, -0.25) is 4.79 Å². The first kappa shape index (κ1) is 19.9. The molecular weight excluding hydrogens is 348 g/mol. The molecule has 0 fully saturated rings.